The molecule has 0 fully saturated rings. The van der Waals surface area contributed by atoms with Gasteiger partial charge in [-0.2, -0.15) is 0 Å². The second kappa shape index (κ2) is 1.73. The van der Waals surface area contributed by atoms with Gasteiger partial charge in [0.15, 0.2) is 5.82 Å². The van der Waals surface area contributed by atoms with Crippen LogP contribution in [0.3, 0.4) is 0 Å². The van der Waals surface area contributed by atoms with Crippen LogP contribution in [-0.4, -0.2) is 21.6 Å². The van der Waals surface area contributed by atoms with Crippen LogP contribution in [0.2, 0.25) is 0 Å². The van der Waals surface area contributed by atoms with E-state index in [-0.39, 0.29) is 5.56 Å². The molecular weight excluding hydrogens is 132 g/mol. The molecule has 2 rings (SSSR count). The molecule has 5 heteroatoms. The molecule has 0 radical (unpaired) electrons. The van der Waals surface area contributed by atoms with Crippen molar-refractivity contribution in [3.05, 3.63) is 15.9 Å². The third-order valence-corrected chi connectivity index (χ3v) is 1.35. The Morgan fingerprint density at radius 2 is 2.50 bits per heavy atom. The van der Waals surface area contributed by atoms with Crippen LogP contribution in [0.4, 0.5) is 5.82 Å². The molecule has 10 heavy (non-hydrogen) atoms. The van der Waals surface area contributed by atoms with Crippen molar-refractivity contribution in [3.8, 4) is 0 Å². The Balaban J connectivity index is 2.77. The van der Waals surface area contributed by atoms with Crippen molar-refractivity contribution in [1.82, 2.24) is 15.4 Å². The summed E-state index contributed by atoms with van der Waals surface area (Å²) < 4.78 is 0. The first-order valence-electron chi connectivity index (χ1n) is 2.84. The molecule has 0 aliphatic carbocycles. The van der Waals surface area contributed by atoms with E-state index in [0.717, 1.165) is 0 Å². The van der Waals surface area contributed by atoms with Crippen molar-refractivity contribution < 1.29 is 0 Å². The number of nitrogens with zero attached hydrogens (tertiary/aromatic N) is 3. The van der Waals surface area contributed by atoms with E-state index in [0.29, 0.717) is 17.8 Å². The minimum Gasteiger partial charge on any atom is -0.268 e. The van der Waals surface area contributed by atoms with E-state index in [4.69, 9.17) is 0 Å². The van der Waals surface area contributed by atoms with Gasteiger partial charge >= 0.3 is 0 Å². The highest BCUT2D eigenvalue weighted by Crippen LogP contribution is 2.13. The van der Waals surface area contributed by atoms with Crippen LogP contribution in [0.5, 0.6) is 0 Å². The molecule has 1 aliphatic heterocycles. The molecule has 0 saturated heterocycles. The predicted molar refractivity (Wildman–Crippen MR) is 34.5 cm³/mol. The lowest BCUT2D eigenvalue weighted by molar-refractivity contribution is 0.831. The van der Waals surface area contributed by atoms with Crippen LogP contribution < -0.4 is 5.56 Å². The van der Waals surface area contributed by atoms with Crippen LogP contribution in [0.1, 0.15) is 5.56 Å². The standard InChI is InChI=1S/C5H4N4O/c10-5-3-1-2-6-4(3)7-9-8-5/h2H,1H2,(H,7,8,10). The van der Waals surface area contributed by atoms with E-state index in [1.807, 2.05) is 0 Å². The number of rotatable bonds is 0. The van der Waals surface area contributed by atoms with Gasteiger partial charge in [0.25, 0.3) is 5.56 Å². The van der Waals surface area contributed by atoms with E-state index in [1.165, 1.54) is 0 Å². The molecule has 1 aliphatic rings. The number of fused-ring (bicyclic) bond motifs is 1. The summed E-state index contributed by atoms with van der Waals surface area (Å²) in [5.74, 6) is 0.448. The fourth-order valence-electron chi connectivity index (χ4n) is 0.858. The van der Waals surface area contributed by atoms with Crippen LogP contribution in [0, 0.1) is 0 Å². The normalized spacial score (nSPS) is 13.6. The van der Waals surface area contributed by atoms with Crippen molar-refractivity contribution in [1.29, 1.82) is 0 Å². The van der Waals surface area contributed by atoms with Crippen molar-refractivity contribution in [2.75, 3.05) is 0 Å². The van der Waals surface area contributed by atoms with Gasteiger partial charge in [0.05, 0.1) is 5.56 Å². The minimum atomic E-state index is -0.192. The quantitative estimate of drug-likeness (QED) is 0.518. The zero-order chi connectivity index (χ0) is 6.97. The van der Waals surface area contributed by atoms with Crippen molar-refractivity contribution >= 4 is 12.0 Å². The maximum absolute atomic E-state index is 10.9. The fraction of sp³-hybridized carbons (Fsp3) is 0.200. The summed E-state index contributed by atoms with van der Waals surface area (Å²) in [6, 6.07) is 0. The maximum atomic E-state index is 10.9. The first-order chi connectivity index (χ1) is 4.88. The number of aromatic nitrogens is 3. The van der Waals surface area contributed by atoms with Crippen LogP contribution in [0.15, 0.2) is 9.79 Å². The molecule has 1 aromatic rings. The van der Waals surface area contributed by atoms with Gasteiger partial charge in [-0.05, 0) is 0 Å². The van der Waals surface area contributed by atoms with Gasteiger partial charge < -0.3 is 0 Å². The largest absolute Gasteiger partial charge is 0.272 e. The highest BCUT2D eigenvalue weighted by atomic mass is 16.1. The summed E-state index contributed by atoms with van der Waals surface area (Å²) in [5.41, 5.74) is 0.414. The minimum absolute atomic E-state index is 0.192. The first kappa shape index (κ1) is 5.28. The number of aromatic amines is 1. The Labute approximate surface area is 55.8 Å². The zero-order valence-corrected chi connectivity index (χ0v) is 5.03. The van der Waals surface area contributed by atoms with Gasteiger partial charge in [-0.3, -0.25) is 4.79 Å². The van der Waals surface area contributed by atoms with Crippen molar-refractivity contribution in [3.63, 3.8) is 0 Å². The molecule has 2 heterocycles. The monoisotopic (exact) mass is 136 g/mol. The van der Waals surface area contributed by atoms with Gasteiger partial charge in [0.2, 0.25) is 0 Å². The summed E-state index contributed by atoms with van der Waals surface area (Å²) in [5, 5.41) is 9.21. The average Bonchev–Trinajstić information content (AvgIpc) is 2.36. The summed E-state index contributed by atoms with van der Waals surface area (Å²) in [4.78, 5) is 14.7. The summed E-state index contributed by atoms with van der Waals surface area (Å²) in [6.45, 7) is 0. The van der Waals surface area contributed by atoms with E-state index >= 15 is 0 Å². The van der Waals surface area contributed by atoms with Gasteiger partial charge in [0.1, 0.15) is 0 Å². The lowest BCUT2D eigenvalue weighted by Gasteiger charge is -1.88. The SMILES string of the molecule is O=c1[nH]nnc2c1CC=N2. The van der Waals surface area contributed by atoms with Gasteiger partial charge in [-0.25, -0.2) is 10.1 Å². The number of hydrogen-bond donors (Lipinski definition) is 1. The molecule has 0 bridgehead atoms. The highest BCUT2D eigenvalue weighted by molar-refractivity contribution is 5.72. The molecule has 0 saturated carbocycles. The van der Waals surface area contributed by atoms with Gasteiger partial charge in [-0.15, -0.1) is 5.10 Å². The Morgan fingerprint density at radius 1 is 1.60 bits per heavy atom. The first-order valence-corrected chi connectivity index (χ1v) is 2.84. The van der Waals surface area contributed by atoms with E-state index in [9.17, 15) is 4.79 Å². The third kappa shape index (κ3) is 0.570. The van der Waals surface area contributed by atoms with Crippen LogP contribution in [0.25, 0.3) is 0 Å². The molecule has 0 amide bonds. The maximum Gasteiger partial charge on any atom is 0.272 e. The van der Waals surface area contributed by atoms with E-state index in [2.05, 4.69) is 20.4 Å². The van der Waals surface area contributed by atoms with E-state index < -0.39 is 0 Å². The highest BCUT2D eigenvalue weighted by Gasteiger charge is 2.10. The molecular formula is C5H4N4O. The Hall–Kier alpha value is -1.52. The van der Waals surface area contributed by atoms with Gasteiger partial charge in [0, 0.05) is 12.6 Å². The molecule has 1 N–H and O–H groups in total. The smallest absolute Gasteiger partial charge is 0.268 e. The summed E-state index contributed by atoms with van der Waals surface area (Å²) in [6.07, 6.45) is 2.22. The second-order valence-electron chi connectivity index (χ2n) is 1.96. The molecule has 0 spiro atoms. The Morgan fingerprint density at radius 3 is 3.30 bits per heavy atom. The number of hydrogen-bond acceptors (Lipinski definition) is 4. The Bertz CT molecular complexity index is 340. The number of aliphatic imine (C=N–C) groups is 1. The number of nitrogens with one attached hydrogen (secondary N) is 1. The van der Waals surface area contributed by atoms with Crippen molar-refractivity contribution in [2.24, 2.45) is 4.99 Å². The van der Waals surface area contributed by atoms with Crippen molar-refractivity contribution in [2.45, 2.75) is 6.42 Å². The fourth-order valence-corrected chi connectivity index (χ4v) is 0.858. The topological polar surface area (TPSA) is 71.0 Å². The molecule has 50 valence electrons. The average molecular weight is 136 g/mol. The zero-order valence-electron chi connectivity index (χ0n) is 5.03. The third-order valence-electron chi connectivity index (χ3n) is 1.35. The molecule has 0 atom stereocenters. The molecule has 1 aromatic heterocycles. The van der Waals surface area contributed by atoms with E-state index in [1.54, 1.807) is 6.21 Å². The van der Waals surface area contributed by atoms with Crippen LogP contribution in [-0.2, 0) is 6.42 Å². The summed E-state index contributed by atoms with van der Waals surface area (Å²) in [7, 11) is 0. The second-order valence-corrected chi connectivity index (χ2v) is 1.96. The molecule has 0 aromatic carbocycles. The molecule has 0 unspecified atom stereocenters. The lowest BCUT2D eigenvalue weighted by Crippen LogP contribution is -2.13. The molecule has 5 nitrogen and oxygen atoms in total. The lowest BCUT2D eigenvalue weighted by atomic mass is 10.3. The van der Waals surface area contributed by atoms with Gasteiger partial charge in [-0.1, -0.05) is 5.21 Å². The number of H-pyrrole nitrogens is 1. The Kier molecular flexibility index (Phi) is 0.913. The van der Waals surface area contributed by atoms with Crippen LogP contribution >= 0.6 is 0 Å². The summed E-state index contributed by atoms with van der Waals surface area (Å²) >= 11 is 0. The predicted octanol–water partition coefficient (Wildman–Crippen LogP) is -0.577.